The monoisotopic (exact) mass is 228 g/mol. The summed E-state index contributed by atoms with van der Waals surface area (Å²) in [7, 11) is 0. The van der Waals surface area contributed by atoms with Crippen LogP contribution in [0.1, 0.15) is 24.8 Å². The lowest BCUT2D eigenvalue weighted by molar-refractivity contribution is -0.147. The van der Waals surface area contributed by atoms with Crippen molar-refractivity contribution in [2.45, 2.75) is 24.7 Å². The van der Waals surface area contributed by atoms with E-state index in [1.54, 1.807) is 0 Å². The van der Waals surface area contributed by atoms with Crippen molar-refractivity contribution in [3.8, 4) is 5.75 Å². The normalized spacial score (nSPS) is 17.9. The minimum atomic E-state index is -1.19. The van der Waals surface area contributed by atoms with Crippen molar-refractivity contribution in [2.24, 2.45) is 0 Å². The second-order valence-electron chi connectivity index (χ2n) is 4.03. The highest BCUT2D eigenvalue weighted by Gasteiger charge is 2.46. The van der Waals surface area contributed by atoms with Crippen LogP contribution in [0.3, 0.4) is 0 Å². The Morgan fingerprint density at radius 2 is 1.75 bits per heavy atom. The fraction of sp³-hybridized carbons (Fsp3) is 0.364. The number of carboxylic acids is 1. The average Bonchev–Trinajstić information content (AvgIpc) is 2.11. The molecule has 0 aromatic heterocycles. The number of phenolic OH excluding ortho intramolecular Hbond substituents is 1. The van der Waals surface area contributed by atoms with E-state index in [0.29, 0.717) is 12.8 Å². The predicted octanol–water partition coefficient (Wildman–Crippen LogP) is 2.18. The Morgan fingerprint density at radius 1 is 1.25 bits per heavy atom. The molecule has 0 heterocycles. The highest BCUT2D eigenvalue weighted by molar-refractivity contribution is 5.82. The van der Waals surface area contributed by atoms with Crippen LogP contribution in [0.25, 0.3) is 0 Å². The molecule has 1 aliphatic rings. The van der Waals surface area contributed by atoms with E-state index in [9.17, 15) is 13.6 Å². The highest BCUT2D eigenvalue weighted by Crippen LogP contribution is 2.45. The van der Waals surface area contributed by atoms with Crippen molar-refractivity contribution in [1.82, 2.24) is 0 Å². The van der Waals surface area contributed by atoms with E-state index in [1.807, 2.05) is 0 Å². The molecule has 0 radical (unpaired) electrons. The summed E-state index contributed by atoms with van der Waals surface area (Å²) in [5.74, 6) is -4.39. The molecule has 1 aromatic rings. The SMILES string of the molecule is O=C(O)C1(c2cc(F)c(O)c(F)c2)CCC1. The van der Waals surface area contributed by atoms with Crippen molar-refractivity contribution in [3.63, 3.8) is 0 Å². The number of carbonyl (C=O) groups is 1. The minimum absolute atomic E-state index is 0.0825. The first kappa shape index (κ1) is 10.9. The molecule has 0 bridgehead atoms. The summed E-state index contributed by atoms with van der Waals surface area (Å²) < 4.78 is 26.2. The number of aliphatic carboxylic acids is 1. The minimum Gasteiger partial charge on any atom is -0.503 e. The van der Waals surface area contributed by atoms with Crippen LogP contribution in [0.15, 0.2) is 12.1 Å². The number of rotatable bonds is 2. The first-order chi connectivity index (χ1) is 7.47. The Kier molecular flexibility index (Phi) is 2.33. The fourth-order valence-corrected chi connectivity index (χ4v) is 2.00. The molecule has 16 heavy (non-hydrogen) atoms. The van der Waals surface area contributed by atoms with Crippen LogP contribution < -0.4 is 0 Å². The van der Waals surface area contributed by atoms with Gasteiger partial charge in [0, 0.05) is 0 Å². The molecule has 2 N–H and O–H groups in total. The smallest absolute Gasteiger partial charge is 0.314 e. The fourth-order valence-electron chi connectivity index (χ4n) is 2.00. The summed E-state index contributed by atoms with van der Waals surface area (Å²) in [5.41, 5.74) is -1.10. The quantitative estimate of drug-likeness (QED) is 0.815. The van der Waals surface area contributed by atoms with Crippen molar-refractivity contribution >= 4 is 5.97 Å². The average molecular weight is 228 g/mol. The van der Waals surface area contributed by atoms with E-state index in [0.717, 1.165) is 18.6 Å². The van der Waals surface area contributed by atoms with E-state index < -0.39 is 28.8 Å². The van der Waals surface area contributed by atoms with E-state index >= 15 is 0 Å². The maximum absolute atomic E-state index is 13.1. The summed E-state index contributed by atoms with van der Waals surface area (Å²) in [6, 6.07) is 1.79. The van der Waals surface area contributed by atoms with Gasteiger partial charge in [-0.2, -0.15) is 0 Å². The van der Waals surface area contributed by atoms with Gasteiger partial charge in [-0.1, -0.05) is 6.42 Å². The third-order valence-electron chi connectivity index (χ3n) is 3.19. The molecule has 5 heteroatoms. The molecule has 0 unspecified atom stereocenters. The van der Waals surface area contributed by atoms with Crippen molar-refractivity contribution < 1.29 is 23.8 Å². The Hall–Kier alpha value is -1.65. The largest absolute Gasteiger partial charge is 0.503 e. The molecule has 0 saturated heterocycles. The Balaban J connectivity index is 2.52. The zero-order chi connectivity index (χ0) is 11.9. The first-order valence-corrected chi connectivity index (χ1v) is 4.89. The summed E-state index contributed by atoms with van der Waals surface area (Å²) in [5, 5.41) is 18.0. The van der Waals surface area contributed by atoms with E-state index in [1.165, 1.54) is 0 Å². The maximum Gasteiger partial charge on any atom is 0.314 e. The van der Waals surface area contributed by atoms with Crippen molar-refractivity contribution in [3.05, 3.63) is 29.3 Å². The molecule has 0 aliphatic heterocycles. The van der Waals surface area contributed by atoms with Crippen LogP contribution in [0, 0.1) is 11.6 Å². The van der Waals surface area contributed by atoms with Gasteiger partial charge in [0.1, 0.15) is 0 Å². The predicted molar refractivity (Wildman–Crippen MR) is 51.2 cm³/mol. The number of benzene rings is 1. The number of carboxylic acid groups (broad SMARTS) is 1. The lowest BCUT2D eigenvalue weighted by Crippen LogP contribution is -2.42. The third-order valence-corrected chi connectivity index (χ3v) is 3.19. The first-order valence-electron chi connectivity index (χ1n) is 4.89. The van der Waals surface area contributed by atoms with Crippen molar-refractivity contribution in [1.29, 1.82) is 0 Å². The lowest BCUT2D eigenvalue weighted by atomic mass is 9.64. The summed E-state index contributed by atoms with van der Waals surface area (Å²) in [4.78, 5) is 11.1. The molecule has 1 fully saturated rings. The van der Waals surface area contributed by atoms with Gasteiger partial charge in [0.25, 0.3) is 0 Å². The molecular weight excluding hydrogens is 218 g/mol. The lowest BCUT2D eigenvalue weighted by Gasteiger charge is -2.38. The standard InChI is InChI=1S/C11H10F2O3/c12-7-4-6(5-8(13)9(7)14)11(10(15)16)2-1-3-11/h4-5,14H,1-3H2,(H,15,16). The van der Waals surface area contributed by atoms with Gasteiger partial charge in [-0.05, 0) is 30.5 Å². The number of halogens is 2. The van der Waals surface area contributed by atoms with Gasteiger partial charge >= 0.3 is 5.97 Å². The molecule has 86 valence electrons. The number of aromatic hydroxyl groups is 1. The van der Waals surface area contributed by atoms with E-state index in [4.69, 9.17) is 10.2 Å². The van der Waals surface area contributed by atoms with Crippen LogP contribution in [-0.2, 0) is 10.2 Å². The summed E-state index contributed by atoms with van der Waals surface area (Å²) >= 11 is 0. The Labute approximate surface area is 90.3 Å². The molecule has 1 saturated carbocycles. The Bertz CT molecular complexity index is 430. The maximum atomic E-state index is 13.1. The molecule has 1 aromatic carbocycles. The van der Waals surface area contributed by atoms with Gasteiger partial charge in [0.05, 0.1) is 5.41 Å². The van der Waals surface area contributed by atoms with Crippen LogP contribution in [0.2, 0.25) is 0 Å². The van der Waals surface area contributed by atoms with E-state index in [-0.39, 0.29) is 5.56 Å². The summed E-state index contributed by atoms with van der Waals surface area (Å²) in [6.07, 6.45) is 1.45. The van der Waals surface area contributed by atoms with Gasteiger partial charge in [-0.3, -0.25) is 4.79 Å². The van der Waals surface area contributed by atoms with Crippen LogP contribution in [-0.4, -0.2) is 16.2 Å². The summed E-state index contributed by atoms with van der Waals surface area (Å²) in [6.45, 7) is 0. The number of hydrogen-bond donors (Lipinski definition) is 2. The zero-order valence-electron chi connectivity index (χ0n) is 8.33. The molecule has 0 amide bonds. The highest BCUT2D eigenvalue weighted by atomic mass is 19.1. The van der Waals surface area contributed by atoms with Gasteiger partial charge < -0.3 is 10.2 Å². The second kappa shape index (κ2) is 3.43. The Morgan fingerprint density at radius 3 is 2.06 bits per heavy atom. The molecule has 0 atom stereocenters. The molecule has 0 spiro atoms. The molecule has 1 aliphatic carbocycles. The van der Waals surface area contributed by atoms with Gasteiger partial charge in [-0.25, -0.2) is 8.78 Å². The topological polar surface area (TPSA) is 57.5 Å². The third kappa shape index (κ3) is 1.35. The number of hydrogen-bond acceptors (Lipinski definition) is 2. The molecule has 3 nitrogen and oxygen atoms in total. The van der Waals surface area contributed by atoms with Crippen LogP contribution >= 0.6 is 0 Å². The van der Waals surface area contributed by atoms with Crippen LogP contribution in [0.4, 0.5) is 8.78 Å². The van der Waals surface area contributed by atoms with Gasteiger partial charge in [0.15, 0.2) is 17.4 Å². The van der Waals surface area contributed by atoms with Crippen molar-refractivity contribution in [2.75, 3.05) is 0 Å². The number of phenols is 1. The second-order valence-corrected chi connectivity index (χ2v) is 4.03. The van der Waals surface area contributed by atoms with E-state index in [2.05, 4.69) is 0 Å². The zero-order valence-corrected chi connectivity index (χ0v) is 8.33. The van der Waals surface area contributed by atoms with Crippen LogP contribution in [0.5, 0.6) is 5.75 Å². The molecular formula is C11H10F2O3. The van der Waals surface area contributed by atoms with Gasteiger partial charge in [-0.15, -0.1) is 0 Å². The molecule has 2 rings (SSSR count). The van der Waals surface area contributed by atoms with Gasteiger partial charge in [0.2, 0.25) is 0 Å².